The third-order valence-electron chi connectivity index (χ3n) is 2.19. The van der Waals surface area contributed by atoms with Gasteiger partial charge in [-0.15, -0.1) is 23.5 Å². The Hall–Kier alpha value is -0.340. The van der Waals surface area contributed by atoms with Crippen molar-refractivity contribution in [2.45, 2.75) is 11.5 Å². The highest BCUT2D eigenvalue weighted by Crippen LogP contribution is 2.37. The van der Waals surface area contributed by atoms with Crippen LogP contribution in [0.4, 0.5) is 0 Å². The average Bonchev–Trinajstić information content (AvgIpc) is 2.72. The third-order valence-corrected chi connectivity index (χ3v) is 5.49. The molecule has 0 radical (unpaired) electrons. The fraction of sp³-hybridized carbons (Fsp3) is 0.333. The van der Waals surface area contributed by atoms with Crippen LogP contribution in [0.25, 0.3) is 6.08 Å². The molecule has 0 nitrogen and oxygen atoms in total. The minimum Gasteiger partial charge on any atom is -0.142 e. The molecule has 1 heterocycles. The highest BCUT2D eigenvalue weighted by atomic mass is 32.2. The van der Waals surface area contributed by atoms with E-state index in [0.29, 0.717) is 4.58 Å². The molecule has 0 N–H and O–H groups in total. The molecule has 0 aromatic heterocycles. The molecule has 0 bridgehead atoms. The fourth-order valence-corrected chi connectivity index (χ4v) is 4.32. The predicted molar refractivity (Wildman–Crippen MR) is 68.8 cm³/mol. The second-order valence-electron chi connectivity index (χ2n) is 3.37. The molecule has 1 aromatic rings. The van der Waals surface area contributed by atoms with Gasteiger partial charge in [0.05, 0.1) is 4.58 Å². The van der Waals surface area contributed by atoms with E-state index in [0.717, 1.165) is 0 Å². The molecule has 0 saturated carbocycles. The maximum absolute atomic E-state index is 2.30. The van der Waals surface area contributed by atoms with Gasteiger partial charge in [-0.25, -0.2) is 0 Å². The summed E-state index contributed by atoms with van der Waals surface area (Å²) in [5.74, 6) is 2.60. The lowest BCUT2D eigenvalue weighted by atomic mass is 10.1. The van der Waals surface area contributed by atoms with Crippen LogP contribution in [-0.4, -0.2) is 16.1 Å². The molecule has 0 spiro atoms. The summed E-state index contributed by atoms with van der Waals surface area (Å²) in [6.07, 6.45) is 2.30. The summed E-state index contributed by atoms with van der Waals surface area (Å²) in [4.78, 5) is 0. The Balaban J connectivity index is 2.10. The Labute approximate surface area is 94.2 Å². The van der Waals surface area contributed by atoms with E-state index in [-0.39, 0.29) is 0 Å². The van der Waals surface area contributed by atoms with E-state index in [1.165, 1.54) is 22.6 Å². The summed E-state index contributed by atoms with van der Waals surface area (Å²) in [6.45, 7) is 2.24. The molecular weight excluding hydrogens is 208 g/mol. The number of hydrogen-bond acceptors (Lipinski definition) is 2. The van der Waals surface area contributed by atoms with Crippen molar-refractivity contribution in [1.82, 2.24) is 0 Å². The van der Waals surface area contributed by atoms with Gasteiger partial charge in [-0.1, -0.05) is 36.4 Å². The highest BCUT2D eigenvalue weighted by Gasteiger charge is 2.17. The minimum atomic E-state index is 0.690. The lowest BCUT2D eigenvalue weighted by Gasteiger charge is -2.07. The Bertz CT molecular complexity index is 310. The Morgan fingerprint density at radius 2 is 1.86 bits per heavy atom. The van der Waals surface area contributed by atoms with Crippen LogP contribution in [0.1, 0.15) is 12.5 Å². The van der Waals surface area contributed by atoms with Crippen molar-refractivity contribution in [3.63, 3.8) is 0 Å². The monoisotopic (exact) mass is 222 g/mol. The molecule has 1 aromatic carbocycles. The van der Waals surface area contributed by atoms with Gasteiger partial charge in [-0.2, -0.15) is 0 Å². The van der Waals surface area contributed by atoms with Crippen molar-refractivity contribution in [2.75, 3.05) is 11.5 Å². The number of benzene rings is 1. The van der Waals surface area contributed by atoms with Gasteiger partial charge in [0.15, 0.2) is 0 Å². The first-order chi connectivity index (χ1) is 6.86. The van der Waals surface area contributed by atoms with Crippen LogP contribution < -0.4 is 0 Å². The van der Waals surface area contributed by atoms with Crippen molar-refractivity contribution in [3.8, 4) is 0 Å². The maximum Gasteiger partial charge on any atom is 0.0712 e. The van der Waals surface area contributed by atoms with E-state index < -0.39 is 0 Å². The van der Waals surface area contributed by atoms with E-state index in [2.05, 4.69) is 66.9 Å². The summed E-state index contributed by atoms with van der Waals surface area (Å²) in [6, 6.07) is 10.6. The molecule has 1 aliphatic rings. The average molecular weight is 222 g/mol. The summed E-state index contributed by atoms with van der Waals surface area (Å²) < 4.78 is 0.690. The van der Waals surface area contributed by atoms with Crippen LogP contribution in [0, 0.1) is 0 Å². The summed E-state index contributed by atoms with van der Waals surface area (Å²) in [5, 5.41) is 0. The Kier molecular flexibility index (Phi) is 3.60. The summed E-state index contributed by atoms with van der Waals surface area (Å²) in [5.41, 5.74) is 2.81. The normalized spacial score (nSPS) is 18.8. The second kappa shape index (κ2) is 4.94. The van der Waals surface area contributed by atoms with E-state index in [4.69, 9.17) is 0 Å². The van der Waals surface area contributed by atoms with Crippen LogP contribution in [-0.2, 0) is 0 Å². The summed E-state index contributed by atoms with van der Waals surface area (Å²) >= 11 is 4.13. The number of rotatable bonds is 2. The van der Waals surface area contributed by atoms with Crippen LogP contribution in [0.15, 0.2) is 35.9 Å². The molecule has 1 saturated heterocycles. The van der Waals surface area contributed by atoms with E-state index in [1.807, 2.05) is 0 Å². The summed E-state index contributed by atoms with van der Waals surface area (Å²) in [7, 11) is 0. The van der Waals surface area contributed by atoms with Crippen LogP contribution in [0.3, 0.4) is 0 Å². The van der Waals surface area contributed by atoms with E-state index >= 15 is 0 Å². The fourth-order valence-electron chi connectivity index (χ4n) is 1.50. The first-order valence-corrected chi connectivity index (χ1v) is 6.92. The van der Waals surface area contributed by atoms with Crippen molar-refractivity contribution < 1.29 is 0 Å². The molecule has 2 rings (SSSR count). The number of hydrogen-bond donors (Lipinski definition) is 0. The zero-order chi connectivity index (χ0) is 9.80. The minimum absolute atomic E-state index is 0.690. The van der Waals surface area contributed by atoms with Crippen LogP contribution in [0.5, 0.6) is 0 Å². The highest BCUT2D eigenvalue weighted by molar-refractivity contribution is 8.20. The van der Waals surface area contributed by atoms with E-state index in [1.54, 1.807) is 0 Å². The van der Waals surface area contributed by atoms with E-state index in [9.17, 15) is 0 Å². The van der Waals surface area contributed by atoms with Crippen molar-refractivity contribution in [1.29, 1.82) is 0 Å². The lowest BCUT2D eigenvalue weighted by molar-refractivity contribution is 1.38. The van der Waals surface area contributed by atoms with Gasteiger partial charge in [0.1, 0.15) is 0 Å². The van der Waals surface area contributed by atoms with Gasteiger partial charge in [0.25, 0.3) is 0 Å². The smallest absolute Gasteiger partial charge is 0.0712 e. The Morgan fingerprint density at radius 1 is 1.21 bits per heavy atom. The van der Waals surface area contributed by atoms with Gasteiger partial charge in [-0.05, 0) is 18.1 Å². The largest absolute Gasteiger partial charge is 0.142 e. The number of thioether (sulfide) groups is 2. The van der Waals surface area contributed by atoms with Crippen molar-refractivity contribution in [3.05, 3.63) is 41.5 Å². The SMILES string of the molecule is C/C(=C\c1ccccc1)C1SCCS1. The molecule has 0 unspecified atom stereocenters. The maximum atomic E-state index is 2.30. The second-order valence-corrected chi connectivity index (χ2v) is 6.10. The van der Waals surface area contributed by atoms with Gasteiger partial charge >= 0.3 is 0 Å². The first-order valence-electron chi connectivity index (χ1n) is 4.83. The molecule has 2 heteroatoms. The van der Waals surface area contributed by atoms with Gasteiger partial charge in [-0.3, -0.25) is 0 Å². The quantitative estimate of drug-likeness (QED) is 0.744. The van der Waals surface area contributed by atoms with Crippen molar-refractivity contribution >= 4 is 29.6 Å². The Morgan fingerprint density at radius 3 is 2.50 bits per heavy atom. The molecule has 1 aliphatic heterocycles. The molecule has 14 heavy (non-hydrogen) atoms. The van der Waals surface area contributed by atoms with Crippen LogP contribution >= 0.6 is 23.5 Å². The molecule has 0 aliphatic carbocycles. The van der Waals surface area contributed by atoms with Crippen molar-refractivity contribution in [2.24, 2.45) is 0 Å². The molecular formula is C12H14S2. The first kappa shape index (κ1) is 10.2. The van der Waals surface area contributed by atoms with Gasteiger partial charge in [0, 0.05) is 11.5 Å². The molecule has 74 valence electrons. The zero-order valence-corrected chi connectivity index (χ0v) is 9.91. The lowest BCUT2D eigenvalue weighted by Crippen LogP contribution is -1.92. The predicted octanol–water partition coefficient (Wildman–Crippen LogP) is 3.90. The molecule has 1 fully saturated rings. The topological polar surface area (TPSA) is 0 Å². The van der Waals surface area contributed by atoms with Gasteiger partial charge < -0.3 is 0 Å². The molecule has 0 atom stereocenters. The standard InChI is InChI=1S/C12H14S2/c1-10(12-13-7-8-14-12)9-11-5-3-2-4-6-11/h2-6,9,12H,7-8H2,1H3/b10-9+. The van der Waals surface area contributed by atoms with Gasteiger partial charge in [0.2, 0.25) is 0 Å². The zero-order valence-electron chi connectivity index (χ0n) is 8.27. The van der Waals surface area contributed by atoms with Crippen LogP contribution in [0.2, 0.25) is 0 Å². The molecule has 0 amide bonds. The third kappa shape index (κ3) is 2.58.